The van der Waals surface area contributed by atoms with Crippen LogP contribution in [0.4, 0.5) is 0 Å². The molecule has 0 aromatic rings. The zero-order valence-corrected chi connectivity index (χ0v) is 10.7. The van der Waals surface area contributed by atoms with Crippen LogP contribution in [0.3, 0.4) is 0 Å². The maximum Gasteiger partial charge on any atom is 0.00982 e. The van der Waals surface area contributed by atoms with Crippen molar-refractivity contribution < 1.29 is 0 Å². The Balaban J connectivity index is 0.000000980. The smallest absolute Gasteiger partial charge is 0.00982 e. The van der Waals surface area contributed by atoms with E-state index in [0.29, 0.717) is 5.41 Å². The molecule has 0 aromatic heterocycles. The SMILES string of the molecule is CCN[C@@H]1C[C@@H]2C[C@H]([C@H]1C)C2(C)C.Cl. The van der Waals surface area contributed by atoms with Gasteiger partial charge in [0.1, 0.15) is 0 Å². The van der Waals surface area contributed by atoms with Gasteiger partial charge in [0.25, 0.3) is 0 Å². The molecule has 84 valence electrons. The molecule has 3 rings (SSSR count). The molecule has 1 N–H and O–H groups in total. The highest BCUT2D eigenvalue weighted by atomic mass is 35.5. The molecule has 0 saturated heterocycles. The standard InChI is InChI=1S/C12H23N.ClH/c1-5-13-11-7-9-6-10(8(11)2)12(9,3)4;/h8-11,13H,5-7H2,1-4H3;1H/t8-,9+,10-,11-;/m1./s1. The highest BCUT2D eigenvalue weighted by Crippen LogP contribution is 2.61. The molecule has 0 aromatic carbocycles. The van der Waals surface area contributed by atoms with E-state index < -0.39 is 0 Å². The van der Waals surface area contributed by atoms with E-state index in [4.69, 9.17) is 0 Å². The lowest BCUT2D eigenvalue weighted by molar-refractivity contribution is -0.114. The first-order chi connectivity index (χ1) is 6.07. The molecule has 2 bridgehead atoms. The van der Waals surface area contributed by atoms with Crippen molar-refractivity contribution >= 4 is 12.4 Å². The van der Waals surface area contributed by atoms with Crippen molar-refractivity contribution in [2.24, 2.45) is 23.2 Å². The van der Waals surface area contributed by atoms with Gasteiger partial charge < -0.3 is 5.32 Å². The average Bonchev–Trinajstić information content (AvgIpc) is 2.08. The van der Waals surface area contributed by atoms with E-state index in [9.17, 15) is 0 Å². The van der Waals surface area contributed by atoms with Gasteiger partial charge in [-0.05, 0) is 42.6 Å². The number of fused-ring (bicyclic) bond motifs is 2. The Morgan fingerprint density at radius 2 is 1.93 bits per heavy atom. The van der Waals surface area contributed by atoms with Gasteiger partial charge in [0.2, 0.25) is 0 Å². The molecule has 0 radical (unpaired) electrons. The average molecular weight is 218 g/mol. The van der Waals surface area contributed by atoms with Crippen molar-refractivity contribution in [2.75, 3.05) is 6.54 Å². The van der Waals surface area contributed by atoms with Crippen LogP contribution in [0, 0.1) is 23.2 Å². The minimum absolute atomic E-state index is 0. The van der Waals surface area contributed by atoms with Crippen LogP contribution < -0.4 is 5.32 Å². The Labute approximate surface area is 94.4 Å². The molecule has 0 amide bonds. The summed E-state index contributed by atoms with van der Waals surface area (Å²) >= 11 is 0. The summed E-state index contributed by atoms with van der Waals surface area (Å²) in [5, 5.41) is 3.63. The number of nitrogens with one attached hydrogen (secondary N) is 1. The van der Waals surface area contributed by atoms with Crippen LogP contribution in [-0.2, 0) is 0 Å². The highest BCUT2D eigenvalue weighted by molar-refractivity contribution is 5.85. The van der Waals surface area contributed by atoms with Gasteiger partial charge in [-0.1, -0.05) is 27.7 Å². The second-order valence-electron chi connectivity index (χ2n) is 5.62. The number of halogens is 1. The lowest BCUT2D eigenvalue weighted by atomic mass is 9.45. The fourth-order valence-electron chi connectivity index (χ4n) is 3.68. The largest absolute Gasteiger partial charge is 0.314 e. The van der Waals surface area contributed by atoms with E-state index in [1.807, 2.05) is 0 Å². The summed E-state index contributed by atoms with van der Waals surface area (Å²) in [6, 6.07) is 0.807. The number of hydrogen-bond donors (Lipinski definition) is 1. The predicted molar refractivity (Wildman–Crippen MR) is 63.9 cm³/mol. The summed E-state index contributed by atoms with van der Waals surface area (Å²) in [7, 11) is 0. The number of hydrogen-bond acceptors (Lipinski definition) is 1. The zero-order chi connectivity index (χ0) is 9.64. The molecule has 3 aliphatic rings. The Bertz CT molecular complexity index is 202. The van der Waals surface area contributed by atoms with Gasteiger partial charge in [0.05, 0.1) is 0 Å². The van der Waals surface area contributed by atoms with Gasteiger partial charge in [0, 0.05) is 6.04 Å². The quantitative estimate of drug-likeness (QED) is 0.750. The minimum atomic E-state index is 0. The summed E-state index contributed by atoms with van der Waals surface area (Å²) in [6.07, 6.45) is 2.91. The summed E-state index contributed by atoms with van der Waals surface area (Å²) in [4.78, 5) is 0. The predicted octanol–water partition coefficient (Wildman–Crippen LogP) is 3.09. The van der Waals surface area contributed by atoms with E-state index in [1.165, 1.54) is 12.8 Å². The summed E-state index contributed by atoms with van der Waals surface area (Å²) in [5.41, 5.74) is 0.644. The molecule has 4 atom stereocenters. The molecule has 2 heteroatoms. The van der Waals surface area contributed by atoms with Crippen LogP contribution in [0.15, 0.2) is 0 Å². The second-order valence-corrected chi connectivity index (χ2v) is 5.62. The van der Waals surface area contributed by atoms with Crippen molar-refractivity contribution in [2.45, 2.75) is 46.6 Å². The van der Waals surface area contributed by atoms with Gasteiger partial charge in [0.15, 0.2) is 0 Å². The second kappa shape index (κ2) is 4.02. The van der Waals surface area contributed by atoms with E-state index in [2.05, 4.69) is 33.0 Å². The van der Waals surface area contributed by atoms with Crippen LogP contribution in [0.5, 0.6) is 0 Å². The van der Waals surface area contributed by atoms with E-state index in [1.54, 1.807) is 0 Å². The number of rotatable bonds is 2. The topological polar surface area (TPSA) is 12.0 Å². The summed E-state index contributed by atoms with van der Waals surface area (Å²) in [6.45, 7) is 10.7. The lowest BCUT2D eigenvalue weighted by Gasteiger charge is -2.62. The highest BCUT2D eigenvalue weighted by Gasteiger charge is 2.55. The molecule has 3 saturated carbocycles. The maximum atomic E-state index is 3.63. The van der Waals surface area contributed by atoms with Gasteiger partial charge >= 0.3 is 0 Å². The zero-order valence-electron chi connectivity index (χ0n) is 9.84. The van der Waals surface area contributed by atoms with Gasteiger partial charge in [-0.2, -0.15) is 0 Å². The molecule has 0 unspecified atom stereocenters. The van der Waals surface area contributed by atoms with Crippen molar-refractivity contribution in [3.05, 3.63) is 0 Å². The Hall–Kier alpha value is 0.250. The molecule has 3 fully saturated rings. The van der Waals surface area contributed by atoms with Crippen molar-refractivity contribution in [1.82, 2.24) is 5.32 Å². The maximum absolute atomic E-state index is 3.63. The van der Waals surface area contributed by atoms with Gasteiger partial charge in [-0.3, -0.25) is 0 Å². The molecule has 14 heavy (non-hydrogen) atoms. The third-order valence-corrected chi connectivity index (χ3v) is 4.82. The first-order valence-corrected chi connectivity index (χ1v) is 5.80. The van der Waals surface area contributed by atoms with Crippen molar-refractivity contribution in [3.63, 3.8) is 0 Å². The van der Waals surface area contributed by atoms with Crippen molar-refractivity contribution in [1.29, 1.82) is 0 Å². The van der Waals surface area contributed by atoms with E-state index in [-0.39, 0.29) is 12.4 Å². The summed E-state index contributed by atoms with van der Waals surface area (Å²) in [5.74, 6) is 2.87. The van der Waals surface area contributed by atoms with Gasteiger partial charge in [-0.15, -0.1) is 12.4 Å². The van der Waals surface area contributed by atoms with E-state index in [0.717, 1.165) is 30.3 Å². The summed E-state index contributed by atoms with van der Waals surface area (Å²) < 4.78 is 0. The van der Waals surface area contributed by atoms with Crippen LogP contribution in [0.25, 0.3) is 0 Å². The molecule has 0 aliphatic heterocycles. The van der Waals surface area contributed by atoms with Crippen LogP contribution >= 0.6 is 12.4 Å². The first-order valence-electron chi connectivity index (χ1n) is 5.80. The molecule has 0 spiro atoms. The van der Waals surface area contributed by atoms with Crippen molar-refractivity contribution in [3.8, 4) is 0 Å². The normalized spacial score (nSPS) is 43.7. The molecular formula is C12H24ClN. The Morgan fingerprint density at radius 1 is 1.29 bits per heavy atom. The fraction of sp³-hybridized carbons (Fsp3) is 1.00. The Kier molecular flexibility index (Phi) is 3.53. The van der Waals surface area contributed by atoms with Crippen LogP contribution in [-0.4, -0.2) is 12.6 Å². The molecule has 3 aliphatic carbocycles. The van der Waals surface area contributed by atoms with Crippen LogP contribution in [0.2, 0.25) is 0 Å². The third-order valence-electron chi connectivity index (χ3n) is 4.82. The molecular weight excluding hydrogens is 194 g/mol. The first kappa shape index (κ1) is 12.3. The fourth-order valence-corrected chi connectivity index (χ4v) is 3.68. The van der Waals surface area contributed by atoms with E-state index >= 15 is 0 Å². The third kappa shape index (κ3) is 1.59. The lowest BCUT2D eigenvalue weighted by Crippen LogP contribution is -2.59. The molecule has 0 heterocycles. The minimum Gasteiger partial charge on any atom is -0.314 e. The van der Waals surface area contributed by atoms with Gasteiger partial charge in [-0.25, -0.2) is 0 Å². The Morgan fingerprint density at radius 3 is 2.36 bits per heavy atom. The van der Waals surface area contributed by atoms with Crippen LogP contribution in [0.1, 0.15) is 40.5 Å². The molecule has 1 nitrogen and oxygen atoms in total. The monoisotopic (exact) mass is 217 g/mol.